The second kappa shape index (κ2) is 9.50. The first-order chi connectivity index (χ1) is 11.2. The van der Waals surface area contributed by atoms with Crippen molar-refractivity contribution in [2.45, 2.75) is 57.5 Å². The highest BCUT2D eigenvalue weighted by Gasteiger charge is 2.22. The molecule has 2 N–H and O–H groups in total. The number of pyridine rings is 1. The minimum absolute atomic E-state index is 0.0667. The molecule has 1 aromatic heterocycles. The second-order valence-corrected chi connectivity index (χ2v) is 6.34. The summed E-state index contributed by atoms with van der Waals surface area (Å²) < 4.78 is 5.12. The lowest BCUT2D eigenvalue weighted by atomic mass is 9.83. The number of aliphatic hydroxyl groups excluding tert-OH is 1. The summed E-state index contributed by atoms with van der Waals surface area (Å²) in [6, 6.07) is 1.91. The highest BCUT2D eigenvalue weighted by molar-refractivity contribution is 5.76. The first-order valence-electron chi connectivity index (χ1n) is 8.61. The van der Waals surface area contributed by atoms with E-state index in [1.54, 1.807) is 19.5 Å². The van der Waals surface area contributed by atoms with Gasteiger partial charge in [0.2, 0.25) is 5.91 Å². The van der Waals surface area contributed by atoms with Crippen LogP contribution in [0.5, 0.6) is 5.75 Å². The molecule has 1 aliphatic rings. The van der Waals surface area contributed by atoms with Gasteiger partial charge in [-0.2, -0.15) is 0 Å². The number of nitrogens with one attached hydrogen (secondary N) is 1. The molecule has 1 aromatic rings. The van der Waals surface area contributed by atoms with Gasteiger partial charge in [-0.05, 0) is 49.7 Å². The van der Waals surface area contributed by atoms with E-state index in [1.807, 2.05) is 6.07 Å². The van der Waals surface area contributed by atoms with Crippen molar-refractivity contribution >= 4 is 5.91 Å². The summed E-state index contributed by atoms with van der Waals surface area (Å²) in [6.07, 6.45) is 10.8. The standard InChI is InChI=1S/C18H28N2O3/c1-23-16-11-14(12-19-13-16)8-9-18(22)20-10-4-6-15-5-2-3-7-17(15)21/h11-13,15,17,21H,2-10H2,1H3,(H,20,22). The lowest BCUT2D eigenvalue weighted by Gasteiger charge is -2.27. The van der Waals surface area contributed by atoms with E-state index in [-0.39, 0.29) is 12.0 Å². The molecule has 1 heterocycles. The topological polar surface area (TPSA) is 71.5 Å². The van der Waals surface area contributed by atoms with Gasteiger partial charge in [0.1, 0.15) is 5.75 Å². The number of rotatable bonds is 8. The van der Waals surface area contributed by atoms with Crippen LogP contribution in [0.2, 0.25) is 0 Å². The first-order valence-corrected chi connectivity index (χ1v) is 8.61. The van der Waals surface area contributed by atoms with Gasteiger partial charge in [-0.25, -0.2) is 0 Å². The van der Waals surface area contributed by atoms with Crippen molar-refractivity contribution in [1.29, 1.82) is 0 Å². The molecule has 5 heteroatoms. The Morgan fingerprint density at radius 3 is 3.00 bits per heavy atom. The highest BCUT2D eigenvalue weighted by Crippen LogP contribution is 2.27. The van der Waals surface area contributed by atoms with E-state index in [9.17, 15) is 9.90 Å². The summed E-state index contributed by atoms with van der Waals surface area (Å²) in [5, 5.41) is 12.9. The zero-order chi connectivity index (χ0) is 16.5. The second-order valence-electron chi connectivity index (χ2n) is 6.34. The smallest absolute Gasteiger partial charge is 0.220 e. The average molecular weight is 320 g/mol. The predicted molar refractivity (Wildman–Crippen MR) is 89.3 cm³/mol. The van der Waals surface area contributed by atoms with Crippen molar-refractivity contribution < 1.29 is 14.6 Å². The maximum Gasteiger partial charge on any atom is 0.220 e. The lowest BCUT2D eigenvalue weighted by molar-refractivity contribution is -0.121. The molecule has 0 aliphatic heterocycles. The van der Waals surface area contributed by atoms with Gasteiger partial charge in [0.25, 0.3) is 0 Å². The van der Waals surface area contributed by atoms with Crippen LogP contribution in [-0.4, -0.2) is 35.8 Å². The van der Waals surface area contributed by atoms with Gasteiger partial charge < -0.3 is 15.2 Å². The van der Waals surface area contributed by atoms with E-state index < -0.39 is 0 Å². The molecular formula is C18H28N2O3. The summed E-state index contributed by atoms with van der Waals surface area (Å²) in [6.45, 7) is 0.693. The monoisotopic (exact) mass is 320 g/mol. The van der Waals surface area contributed by atoms with E-state index in [4.69, 9.17) is 4.74 Å². The SMILES string of the molecule is COc1cncc(CCC(=O)NCCCC2CCCCC2O)c1. The first kappa shape index (κ1) is 17.7. The van der Waals surface area contributed by atoms with E-state index in [0.29, 0.717) is 31.1 Å². The quantitative estimate of drug-likeness (QED) is 0.722. The number of amides is 1. The van der Waals surface area contributed by atoms with Crippen molar-refractivity contribution in [1.82, 2.24) is 10.3 Å². The van der Waals surface area contributed by atoms with Crippen LogP contribution in [-0.2, 0) is 11.2 Å². The Morgan fingerprint density at radius 1 is 1.39 bits per heavy atom. The Bertz CT molecular complexity index is 493. The molecule has 2 unspecified atom stereocenters. The van der Waals surface area contributed by atoms with E-state index in [0.717, 1.165) is 37.7 Å². The third-order valence-electron chi connectivity index (χ3n) is 4.59. The van der Waals surface area contributed by atoms with Gasteiger partial charge in [-0.3, -0.25) is 9.78 Å². The maximum atomic E-state index is 11.9. The Hall–Kier alpha value is -1.62. The van der Waals surface area contributed by atoms with Gasteiger partial charge in [0, 0.05) is 19.2 Å². The molecule has 1 fully saturated rings. The number of methoxy groups -OCH3 is 1. The normalized spacial score (nSPS) is 21.0. The number of aryl methyl sites for hydroxylation is 1. The van der Waals surface area contributed by atoms with Crippen molar-refractivity contribution in [2.24, 2.45) is 5.92 Å². The van der Waals surface area contributed by atoms with E-state index in [1.165, 1.54) is 6.42 Å². The zero-order valence-electron chi connectivity index (χ0n) is 14.0. The molecule has 1 amide bonds. The van der Waals surface area contributed by atoms with Gasteiger partial charge in [0.15, 0.2) is 0 Å². The highest BCUT2D eigenvalue weighted by atomic mass is 16.5. The number of aromatic nitrogens is 1. The molecule has 128 valence electrons. The summed E-state index contributed by atoms with van der Waals surface area (Å²) >= 11 is 0. The molecule has 2 atom stereocenters. The van der Waals surface area contributed by atoms with Crippen molar-refractivity contribution in [3.05, 3.63) is 24.0 Å². The van der Waals surface area contributed by atoms with Crippen LogP contribution in [0.4, 0.5) is 0 Å². The summed E-state index contributed by atoms with van der Waals surface area (Å²) in [7, 11) is 1.61. The molecule has 0 aromatic carbocycles. The van der Waals surface area contributed by atoms with Crippen LogP contribution in [0.15, 0.2) is 18.5 Å². The van der Waals surface area contributed by atoms with Crippen LogP contribution in [0, 0.1) is 5.92 Å². The maximum absolute atomic E-state index is 11.9. The van der Waals surface area contributed by atoms with Crippen LogP contribution in [0.1, 0.15) is 50.5 Å². The number of carbonyl (C=O) groups is 1. The minimum Gasteiger partial charge on any atom is -0.495 e. The van der Waals surface area contributed by atoms with Crippen molar-refractivity contribution in [3.63, 3.8) is 0 Å². The Balaban J connectivity index is 1.59. The molecule has 1 aliphatic carbocycles. The molecular weight excluding hydrogens is 292 g/mol. The van der Waals surface area contributed by atoms with E-state index in [2.05, 4.69) is 10.3 Å². The fraction of sp³-hybridized carbons (Fsp3) is 0.667. The van der Waals surface area contributed by atoms with Gasteiger partial charge in [0.05, 0.1) is 19.4 Å². The number of carbonyl (C=O) groups excluding carboxylic acids is 1. The zero-order valence-corrected chi connectivity index (χ0v) is 14.0. The molecule has 0 bridgehead atoms. The number of nitrogens with zero attached hydrogens (tertiary/aromatic N) is 1. The molecule has 5 nitrogen and oxygen atoms in total. The Kier molecular flexibility index (Phi) is 7.33. The largest absolute Gasteiger partial charge is 0.495 e. The Labute approximate surface area is 138 Å². The number of ether oxygens (including phenoxy) is 1. The fourth-order valence-electron chi connectivity index (χ4n) is 3.18. The molecule has 0 spiro atoms. The summed E-state index contributed by atoms with van der Waals surface area (Å²) in [4.78, 5) is 16.0. The summed E-state index contributed by atoms with van der Waals surface area (Å²) in [5.74, 6) is 1.20. The van der Waals surface area contributed by atoms with Gasteiger partial charge in [-0.1, -0.05) is 12.8 Å². The number of hydrogen-bond acceptors (Lipinski definition) is 4. The van der Waals surface area contributed by atoms with E-state index >= 15 is 0 Å². The van der Waals surface area contributed by atoms with Crippen LogP contribution >= 0.6 is 0 Å². The molecule has 0 saturated heterocycles. The van der Waals surface area contributed by atoms with Crippen LogP contribution in [0.25, 0.3) is 0 Å². The van der Waals surface area contributed by atoms with Crippen molar-refractivity contribution in [3.8, 4) is 5.75 Å². The average Bonchev–Trinajstić information content (AvgIpc) is 2.58. The minimum atomic E-state index is -0.139. The van der Waals surface area contributed by atoms with Gasteiger partial charge >= 0.3 is 0 Å². The number of hydrogen-bond donors (Lipinski definition) is 2. The molecule has 23 heavy (non-hydrogen) atoms. The lowest BCUT2D eigenvalue weighted by Crippen LogP contribution is -2.28. The third-order valence-corrected chi connectivity index (χ3v) is 4.59. The molecule has 2 rings (SSSR count). The molecule has 0 radical (unpaired) electrons. The molecule has 1 saturated carbocycles. The van der Waals surface area contributed by atoms with Crippen molar-refractivity contribution in [2.75, 3.05) is 13.7 Å². The van der Waals surface area contributed by atoms with Crippen LogP contribution < -0.4 is 10.1 Å². The van der Waals surface area contributed by atoms with Crippen LogP contribution in [0.3, 0.4) is 0 Å². The summed E-state index contributed by atoms with van der Waals surface area (Å²) in [5.41, 5.74) is 1.00. The van der Waals surface area contributed by atoms with Gasteiger partial charge in [-0.15, -0.1) is 0 Å². The Morgan fingerprint density at radius 2 is 2.22 bits per heavy atom. The predicted octanol–water partition coefficient (Wildman–Crippen LogP) is 2.47. The fourth-order valence-corrected chi connectivity index (χ4v) is 3.18. The third kappa shape index (κ3) is 6.18. The number of aliphatic hydroxyl groups is 1.